The molecule has 1 atom stereocenters. The highest BCUT2D eigenvalue weighted by Crippen LogP contribution is 2.21. The maximum atomic E-state index is 12.7. The van der Waals surface area contributed by atoms with Crippen molar-refractivity contribution in [1.29, 1.82) is 0 Å². The molecule has 0 spiro atoms. The van der Waals surface area contributed by atoms with Crippen molar-refractivity contribution in [3.63, 3.8) is 0 Å². The number of hydrogen-bond donors (Lipinski definition) is 0. The number of piperidine rings is 1. The number of rotatable bonds is 6. The van der Waals surface area contributed by atoms with Gasteiger partial charge in [-0.2, -0.15) is 0 Å². The molecule has 0 N–H and O–H groups in total. The van der Waals surface area contributed by atoms with Gasteiger partial charge in [0.2, 0.25) is 5.91 Å². The van der Waals surface area contributed by atoms with E-state index in [0.29, 0.717) is 18.4 Å². The van der Waals surface area contributed by atoms with E-state index in [4.69, 9.17) is 4.74 Å². The summed E-state index contributed by atoms with van der Waals surface area (Å²) >= 11 is 0. The fraction of sp³-hybridized carbons (Fsp3) is 0.650. The molecule has 2 saturated heterocycles. The Morgan fingerprint density at radius 3 is 2.67 bits per heavy atom. The third-order valence-electron chi connectivity index (χ3n) is 5.30. The van der Waals surface area contributed by atoms with Crippen molar-refractivity contribution >= 4 is 5.91 Å². The van der Waals surface area contributed by atoms with Gasteiger partial charge in [0.25, 0.3) is 0 Å². The highest BCUT2D eigenvalue weighted by atomic mass is 16.5. The van der Waals surface area contributed by atoms with Crippen molar-refractivity contribution in [3.8, 4) is 0 Å². The van der Waals surface area contributed by atoms with Gasteiger partial charge in [-0.3, -0.25) is 9.69 Å². The molecule has 1 amide bonds. The third-order valence-corrected chi connectivity index (χ3v) is 5.30. The van der Waals surface area contributed by atoms with E-state index in [-0.39, 0.29) is 0 Å². The number of nitrogens with zero attached hydrogens (tertiary/aromatic N) is 2. The number of benzene rings is 1. The molecular formula is C20H30N2O2. The van der Waals surface area contributed by atoms with Gasteiger partial charge in [-0.05, 0) is 37.7 Å². The van der Waals surface area contributed by atoms with Gasteiger partial charge in [-0.15, -0.1) is 0 Å². The van der Waals surface area contributed by atoms with Crippen molar-refractivity contribution in [2.24, 2.45) is 0 Å². The molecule has 4 nitrogen and oxygen atoms in total. The van der Waals surface area contributed by atoms with Crippen LogP contribution in [0.25, 0.3) is 0 Å². The molecule has 1 aromatic carbocycles. The number of morpholine rings is 1. The minimum atomic E-state index is 0.338. The van der Waals surface area contributed by atoms with Crippen molar-refractivity contribution in [2.75, 3.05) is 39.4 Å². The molecule has 0 aliphatic carbocycles. The van der Waals surface area contributed by atoms with Gasteiger partial charge in [0, 0.05) is 38.6 Å². The molecule has 0 saturated carbocycles. The standard InChI is InChI=1S/C20H30N2O2/c23-20(10-9-18-6-2-1-3-7-18)22-12-5-4-8-19(22)11-13-21-14-16-24-17-15-21/h1-3,6-7,19H,4-5,8-17H2/t19-/m1/s1. The van der Waals surface area contributed by atoms with Gasteiger partial charge in [0.1, 0.15) is 0 Å². The number of amides is 1. The molecule has 0 radical (unpaired) electrons. The summed E-state index contributed by atoms with van der Waals surface area (Å²) in [7, 11) is 0. The first-order valence-corrected chi connectivity index (χ1v) is 9.46. The molecule has 2 aliphatic heterocycles. The lowest BCUT2D eigenvalue weighted by atomic mass is 9.98. The first-order chi connectivity index (χ1) is 11.8. The Kier molecular flexibility index (Phi) is 6.67. The Morgan fingerprint density at radius 2 is 1.88 bits per heavy atom. The van der Waals surface area contributed by atoms with E-state index >= 15 is 0 Å². The van der Waals surface area contributed by atoms with E-state index in [9.17, 15) is 4.79 Å². The maximum Gasteiger partial charge on any atom is 0.223 e. The SMILES string of the molecule is O=C(CCc1ccccc1)N1CCCC[C@@H]1CCN1CCOCC1. The monoisotopic (exact) mass is 330 g/mol. The number of likely N-dealkylation sites (tertiary alicyclic amines) is 1. The van der Waals surface area contributed by atoms with Crippen LogP contribution in [0.15, 0.2) is 30.3 Å². The van der Waals surface area contributed by atoms with Crippen LogP contribution in [0.3, 0.4) is 0 Å². The molecule has 24 heavy (non-hydrogen) atoms. The topological polar surface area (TPSA) is 32.8 Å². The normalized spacial score (nSPS) is 22.5. The minimum absolute atomic E-state index is 0.338. The summed E-state index contributed by atoms with van der Waals surface area (Å²) in [6.07, 6.45) is 6.18. The van der Waals surface area contributed by atoms with Gasteiger partial charge in [-0.1, -0.05) is 30.3 Å². The maximum absolute atomic E-state index is 12.7. The van der Waals surface area contributed by atoms with Gasteiger partial charge < -0.3 is 9.64 Å². The van der Waals surface area contributed by atoms with E-state index in [1.807, 2.05) is 18.2 Å². The van der Waals surface area contributed by atoms with Crippen molar-refractivity contribution < 1.29 is 9.53 Å². The van der Waals surface area contributed by atoms with Crippen LogP contribution in [-0.4, -0.2) is 61.1 Å². The lowest BCUT2D eigenvalue weighted by Crippen LogP contribution is -2.46. The van der Waals surface area contributed by atoms with Crippen LogP contribution < -0.4 is 0 Å². The van der Waals surface area contributed by atoms with Gasteiger partial charge in [0.15, 0.2) is 0 Å². The Labute approximate surface area is 145 Å². The fourth-order valence-electron chi connectivity index (χ4n) is 3.82. The minimum Gasteiger partial charge on any atom is -0.379 e. The van der Waals surface area contributed by atoms with Crippen LogP contribution in [0.1, 0.15) is 37.7 Å². The van der Waals surface area contributed by atoms with Crippen molar-refractivity contribution in [3.05, 3.63) is 35.9 Å². The zero-order valence-electron chi connectivity index (χ0n) is 14.7. The number of aryl methyl sites for hydroxylation is 1. The molecular weight excluding hydrogens is 300 g/mol. The van der Waals surface area contributed by atoms with Crippen LogP contribution in [0.2, 0.25) is 0 Å². The molecule has 0 unspecified atom stereocenters. The quantitative estimate of drug-likeness (QED) is 0.804. The van der Waals surface area contributed by atoms with E-state index < -0.39 is 0 Å². The molecule has 1 aromatic rings. The number of carbonyl (C=O) groups excluding carboxylic acids is 1. The summed E-state index contributed by atoms with van der Waals surface area (Å²) in [6.45, 7) is 5.82. The van der Waals surface area contributed by atoms with E-state index in [2.05, 4.69) is 21.9 Å². The second-order valence-corrected chi connectivity index (χ2v) is 6.97. The summed E-state index contributed by atoms with van der Waals surface area (Å²) in [5.41, 5.74) is 1.26. The molecule has 0 aromatic heterocycles. The summed E-state index contributed by atoms with van der Waals surface area (Å²) in [6, 6.07) is 10.8. The van der Waals surface area contributed by atoms with E-state index in [1.54, 1.807) is 0 Å². The Bertz CT molecular complexity index is 500. The van der Waals surface area contributed by atoms with E-state index in [0.717, 1.165) is 58.7 Å². The second-order valence-electron chi connectivity index (χ2n) is 6.97. The fourth-order valence-corrected chi connectivity index (χ4v) is 3.82. The molecule has 2 heterocycles. The molecule has 2 aliphatic rings. The summed E-state index contributed by atoms with van der Waals surface area (Å²) < 4.78 is 5.42. The number of carbonyl (C=O) groups is 1. The zero-order valence-corrected chi connectivity index (χ0v) is 14.7. The van der Waals surface area contributed by atoms with Crippen LogP contribution in [-0.2, 0) is 16.0 Å². The molecule has 2 fully saturated rings. The first kappa shape index (κ1) is 17.4. The van der Waals surface area contributed by atoms with Crippen LogP contribution in [0.5, 0.6) is 0 Å². The molecule has 132 valence electrons. The predicted molar refractivity (Wildman–Crippen MR) is 96.0 cm³/mol. The molecule has 0 bridgehead atoms. The largest absolute Gasteiger partial charge is 0.379 e. The van der Waals surface area contributed by atoms with Gasteiger partial charge >= 0.3 is 0 Å². The number of ether oxygens (including phenoxy) is 1. The summed E-state index contributed by atoms with van der Waals surface area (Å²) in [4.78, 5) is 17.4. The Hall–Kier alpha value is -1.39. The summed E-state index contributed by atoms with van der Waals surface area (Å²) in [5, 5.41) is 0. The average Bonchev–Trinajstić information content (AvgIpc) is 2.66. The van der Waals surface area contributed by atoms with Crippen LogP contribution >= 0.6 is 0 Å². The van der Waals surface area contributed by atoms with Crippen LogP contribution in [0, 0.1) is 0 Å². The predicted octanol–water partition coefficient (Wildman–Crippen LogP) is 2.72. The van der Waals surface area contributed by atoms with Crippen LogP contribution in [0.4, 0.5) is 0 Å². The van der Waals surface area contributed by atoms with E-state index in [1.165, 1.54) is 18.4 Å². The third kappa shape index (κ3) is 5.05. The lowest BCUT2D eigenvalue weighted by Gasteiger charge is -2.37. The smallest absolute Gasteiger partial charge is 0.223 e. The Morgan fingerprint density at radius 1 is 1.08 bits per heavy atom. The summed E-state index contributed by atoms with van der Waals surface area (Å²) in [5.74, 6) is 0.338. The van der Waals surface area contributed by atoms with Crippen molar-refractivity contribution in [2.45, 2.75) is 44.6 Å². The lowest BCUT2D eigenvalue weighted by molar-refractivity contribution is -0.135. The zero-order chi connectivity index (χ0) is 16.6. The molecule has 4 heteroatoms. The van der Waals surface area contributed by atoms with Gasteiger partial charge in [-0.25, -0.2) is 0 Å². The Balaban J connectivity index is 1.48. The second kappa shape index (κ2) is 9.19. The average molecular weight is 330 g/mol. The number of hydrogen-bond acceptors (Lipinski definition) is 3. The van der Waals surface area contributed by atoms with Gasteiger partial charge in [0.05, 0.1) is 13.2 Å². The first-order valence-electron chi connectivity index (χ1n) is 9.46. The highest BCUT2D eigenvalue weighted by Gasteiger charge is 2.26. The van der Waals surface area contributed by atoms with Crippen molar-refractivity contribution in [1.82, 2.24) is 9.80 Å². The molecule has 3 rings (SSSR count). The highest BCUT2D eigenvalue weighted by molar-refractivity contribution is 5.76.